The van der Waals surface area contributed by atoms with Gasteiger partial charge >= 0.3 is 6.09 Å². The fourth-order valence-electron chi connectivity index (χ4n) is 2.89. The van der Waals surface area contributed by atoms with E-state index in [1.807, 2.05) is 20.8 Å². The van der Waals surface area contributed by atoms with E-state index in [-0.39, 0.29) is 24.3 Å². The molecule has 2 fully saturated rings. The van der Waals surface area contributed by atoms with Gasteiger partial charge in [-0.1, -0.05) is 0 Å². The van der Waals surface area contributed by atoms with E-state index in [1.54, 1.807) is 4.90 Å². The van der Waals surface area contributed by atoms with Crippen LogP contribution in [0.5, 0.6) is 0 Å². The monoisotopic (exact) mass is 261 g/mol. The molecule has 0 aromatic rings. The first-order valence-corrected chi connectivity index (χ1v) is 6.47. The average Bonchev–Trinajstić information content (AvgIpc) is 2.12. The van der Waals surface area contributed by atoms with Crippen LogP contribution in [-0.2, 0) is 4.74 Å². The second-order valence-electron chi connectivity index (χ2n) is 6.68. The summed E-state index contributed by atoms with van der Waals surface area (Å²) in [7, 11) is 0. The minimum absolute atomic E-state index is 0.0117. The van der Waals surface area contributed by atoms with Crippen molar-refractivity contribution in [2.24, 2.45) is 5.41 Å². The molecule has 2 rings (SSSR count). The van der Waals surface area contributed by atoms with Crippen LogP contribution in [-0.4, -0.2) is 35.6 Å². The van der Waals surface area contributed by atoms with E-state index in [1.165, 1.54) is 0 Å². The zero-order valence-corrected chi connectivity index (χ0v) is 11.3. The summed E-state index contributed by atoms with van der Waals surface area (Å²) >= 11 is 0. The maximum absolute atomic E-state index is 12.9. The molecule has 5 heteroatoms. The standard InChI is InChI=1S/C13H21F2NO2/c1-11(2,3)18-10(17)16-6-4-12(5-7-16)8-13(14,15)9-12/h4-9H2,1-3H3. The largest absolute Gasteiger partial charge is 0.444 e. The fourth-order valence-corrected chi connectivity index (χ4v) is 2.89. The molecule has 3 nitrogen and oxygen atoms in total. The number of amides is 1. The quantitative estimate of drug-likeness (QED) is 0.668. The lowest BCUT2D eigenvalue weighted by Gasteiger charge is -2.51. The molecule has 0 aromatic heterocycles. The van der Waals surface area contributed by atoms with Gasteiger partial charge in [-0.25, -0.2) is 13.6 Å². The molecule has 1 amide bonds. The highest BCUT2D eigenvalue weighted by Gasteiger charge is 2.57. The molecule has 1 saturated carbocycles. The Bertz CT molecular complexity index is 331. The van der Waals surface area contributed by atoms with Crippen molar-refractivity contribution in [2.75, 3.05) is 13.1 Å². The number of ether oxygens (including phenoxy) is 1. The van der Waals surface area contributed by atoms with Crippen LogP contribution in [0.15, 0.2) is 0 Å². The SMILES string of the molecule is CC(C)(C)OC(=O)N1CCC2(CC1)CC(F)(F)C2. The van der Waals surface area contributed by atoms with Crippen LogP contribution < -0.4 is 0 Å². The third-order valence-electron chi connectivity index (χ3n) is 3.74. The second kappa shape index (κ2) is 4.07. The fraction of sp³-hybridized carbons (Fsp3) is 0.923. The highest BCUT2D eigenvalue weighted by Crippen LogP contribution is 2.57. The van der Waals surface area contributed by atoms with Crippen LogP contribution in [0.4, 0.5) is 13.6 Å². The molecule has 104 valence electrons. The highest BCUT2D eigenvalue weighted by atomic mass is 19.3. The number of likely N-dealkylation sites (tertiary alicyclic amines) is 1. The van der Waals surface area contributed by atoms with Crippen molar-refractivity contribution in [3.63, 3.8) is 0 Å². The van der Waals surface area contributed by atoms with Crippen LogP contribution in [0.2, 0.25) is 0 Å². The molecule has 1 aliphatic carbocycles. The van der Waals surface area contributed by atoms with E-state index in [0.29, 0.717) is 25.9 Å². The normalized spacial score (nSPS) is 25.7. The maximum atomic E-state index is 12.9. The lowest BCUT2D eigenvalue weighted by Crippen LogP contribution is -2.53. The third-order valence-corrected chi connectivity index (χ3v) is 3.74. The van der Waals surface area contributed by atoms with E-state index in [2.05, 4.69) is 0 Å². The zero-order chi connectivity index (χ0) is 13.6. The molecule has 1 heterocycles. The van der Waals surface area contributed by atoms with Crippen molar-refractivity contribution in [3.05, 3.63) is 0 Å². The van der Waals surface area contributed by atoms with Gasteiger partial charge in [0, 0.05) is 25.9 Å². The molecule has 1 aliphatic heterocycles. The molecular formula is C13H21F2NO2. The topological polar surface area (TPSA) is 29.5 Å². The van der Waals surface area contributed by atoms with E-state index in [4.69, 9.17) is 4.74 Å². The van der Waals surface area contributed by atoms with Crippen LogP contribution in [0.25, 0.3) is 0 Å². The van der Waals surface area contributed by atoms with E-state index >= 15 is 0 Å². The van der Waals surface area contributed by atoms with Crippen molar-refractivity contribution in [1.29, 1.82) is 0 Å². The number of carbonyl (C=O) groups excluding carboxylic acids is 1. The predicted molar refractivity (Wildman–Crippen MR) is 63.7 cm³/mol. The molecule has 0 unspecified atom stereocenters. The number of nitrogens with zero attached hydrogens (tertiary/aromatic N) is 1. The zero-order valence-electron chi connectivity index (χ0n) is 11.3. The summed E-state index contributed by atoms with van der Waals surface area (Å²) in [5, 5.41) is 0. The Balaban J connectivity index is 1.83. The molecule has 18 heavy (non-hydrogen) atoms. The Morgan fingerprint density at radius 1 is 1.17 bits per heavy atom. The molecule has 0 atom stereocenters. The Labute approximate surface area is 106 Å². The Morgan fingerprint density at radius 3 is 2.06 bits per heavy atom. The highest BCUT2D eigenvalue weighted by molar-refractivity contribution is 5.68. The number of halogens is 2. The second-order valence-corrected chi connectivity index (χ2v) is 6.68. The molecule has 1 saturated heterocycles. The van der Waals surface area contributed by atoms with Crippen LogP contribution in [0.3, 0.4) is 0 Å². The minimum atomic E-state index is -2.48. The molecule has 0 radical (unpaired) electrons. The van der Waals surface area contributed by atoms with Gasteiger partial charge in [0.15, 0.2) is 0 Å². The van der Waals surface area contributed by atoms with E-state index in [9.17, 15) is 13.6 Å². The van der Waals surface area contributed by atoms with Gasteiger partial charge in [-0.3, -0.25) is 0 Å². The first kappa shape index (κ1) is 13.6. The van der Waals surface area contributed by atoms with Gasteiger partial charge in [-0.2, -0.15) is 0 Å². The van der Waals surface area contributed by atoms with Crippen LogP contribution >= 0.6 is 0 Å². The molecule has 2 aliphatic rings. The van der Waals surface area contributed by atoms with Crippen molar-refractivity contribution < 1.29 is 18.3 Å². The van der Waals surface area contributed by atoms with Crippen molar-refractivity contribution in [3.8, 4) is 0 Å². The van der Waals surface area contributed by atoms with Gasteiger partial charge in [-0.15, -0.1) is 0 Å². The first-order chi connectivity index (χ1) is 8.11. The molecule has 0 N–H and O–H groups in total. The van der Waals surface area contributed by atoms with Crippen molar-refractivity contribution >= 4 is 6.09 Å². The summed E-state index contributed by atoms with van der Waals surface area (Å²) in [6, 6.07) is 0. The summed E-state index contributed by atoms with van der Waals surface area (Å²) in [5.41, 5.74) is -0.724. The smallest absolute Gasteiger partial charge is 0.410 e. The first-order valence-electron chi connectivity index (χ1n) is 6.47. The number of hydrogen-bond acceptors (Lipinski definition) is 2. The number of alkyl halides is 2. The number of piperidine rings is 1. The molecule has 1 spiro atoms. The summed E-state index contributed by atoms with van der Waals surface area (Å²) in [5.74, 6) is -2.48. The Morgan fingerprint density at radius 2 is 1.67 bits per heavy atom. The van der Waals surface area contributed by atoms with Gasteiger partial charge in [0.2, 0.25) is 5.92 Å². The minimum Gasteiger partial charge on any atom is -0.444 e. The van der Waals surface area contributed by atoms with Gasteiger partial charge < -0.3 is 9.64 Å². The molecule has 0 aromatic carbocycles. The summed E-state index contributed by atoms with van der Waals surface area (Å²) in [4.78, 5) is 13.4. The number of hydrogen-bond donors (Lipinski definition) is 0. The van der Waals surface area contributed by atoms with Crippen LogP contribution in [0, 0.1) is 5.41 Å². The van der Waals surface area contributed by atoms with Crippen LogP contribution in [0.1, 0.15) is 46.5 Å². The molecule has 0 bridgehead atoms. The maximum Gasteiger partial charge on any atom is 0.410 e. The van der Waals surface area contributed by atoms with E-state index in [0.717, 1.165) is 0 Å². The predicted octanol–water partition coefficient (Wildman–Crippen LogP) is 3.43. The summed E-state index contributed by atoms with van der Waals surface area (Å²) < 4.78 is 31.2. The van der Waals surface area contributed by atoms with Gasteiger partial charge in [0.05, 0.1) is 0 Å². The number of carbonyl (C=O) groups is 1. The lowest BCUT2D eigenvalue weighted by atomic mass is 9.61. The van der Waals surface area contributed by atoms with Crippen molar-refractivity contribution in [1.82, 2.24) is 4.90 Å². The average molecular weight is 261 g/mol. The lowest BCUT2D eigenvalue weighted by molar-refractivity contribution is -0.176. The Hall–Kier alpha value is -0.870. The summed E-state index contributed by atoms with van der Waals surface area (Å²) in [6.07, 6.45) is 0.983. The summed E-state index contributed by atoms with van der Waals surface area (Å²) in [6.45, 7) is 6.53. The van der Waals surface area contributed by atoms with Crippen molar-refractivity contribution in [2.45, 2.75) is 58.0 Å². The third kappa shape index (κ3) is 2.93. The van der Waals surface area contributed by atoms with Gasteiger partial charge in [-0.05, 0) is 39.0 Å². The van der Waals surface area contributed by atoms with E-state index < -0.39 is 11.5 Å². The van der Waals surface area contributed by atoms with Gasteiger partial charge in [0.1, 0.15) is 5.60 Å². The Kier molecular flexibility index (Phi) is 3.06. The van der Waals surface area contributed by atoms with Gasteiger partial charge in [0.25, 0.3) is 0 Å². The molecular weight excluding hydrogens is 240 g/mol. The number of rotatable bonds is 0.